The second kappa shape index (κ2) is 3.34. The Morgan fingerprint density at radius 2 is 2.13 bits per heavy atom. The van der Waals surface area contributed by atoms with Gasteiger partial charge in [0.25, 0.3) is 5.56 Å². The van der Waals surface area contributed by atoms with Crippen LogP contribution in [0.25, 0.3) is 0 Å². The van der Waals surface area contributed by atoms with E-state index in [1.54, 1.807) is 0 Å². The van der Waals surface area contributed by atoms with Crippen molar-refractivity contribution in [2.24, 2.45) is 11.1 Å². The lowest BCUT2D eigenvalue weighted by atomic mass is 10.4. The number of hydrogen-bond acceptors (Lipinski definition) is 5. The molecule has 0 unspecified atom stereocenters. The Balaban J connectivity index is 2.56. The number of rotatable bonds is 3. The van der Waals surface area contributed by atoms with Crippen LogP contribution in [0.5, 0.6) is 0 Å². The van der Waals surface area contributed by atoms with Gasteiger partial charge in [0.15, 0.2) is 0 Å². The number of nitrogens with two attached hydrogens (primary N) is 1. The highest BCUT2D eigenvalue weighted by Gasteiger charge is 2.24. The third-order valence-corrected chi connectivity index (χ3v) is 2.44. The molecule has 1 heterocycles. The highest BCUT2D eigenvalue weighted by atomic mass is 16.3. The molecule has 1 aliphatic rings. The Hall–Kier alpha value is -1.92. The maximum absolute atomic E-state index is 11.4. The van der Waals surface area contributed by atoms with Crippen LogP contribution in [0.1, 0.15) is 12.8 Å². The minimum absolute atomic E-state index is 0.148. The first kappa shape index (κ1) is 9.63. The van der Waals surface area contributed by atoms with Crippen LogP contribution in [-0.2, 0) is 6.54 Å². The minimum Gasteiger partial charge on any atom is -0.383 e. The fraction of sp³-hybridized carbons (Fsp3) is 0.500. The van der Waals surface area contributed by atoms with E-state index in [0.717, 1.165) is 12.8 Å². The van der Waals surface area contributed by atoms with Gasteiger partial charge in [-0.25, -0.2) is 4.79 Å². The van der Waals surface area contributed by atoms with E-state index in [4.69, 9.17) is 5.73 Å². The van der Waals surface area contributed by atoms with Crippen LogP contribution in [-0.4, -0.2) is 9.55 Å². The van der Waals surface area contributed by atoms with E-state index in [0.29, 0.717) is 12.5 Å². The predicted molar refractivity (Wildman–Crippen MR) is 53.9 cm³/mol. The second-order valence-electron chi connectivity index (χ2n) is 3.64. The molecule has 0 amide bonds. The number of nitrogen functional groups attached to an aromatic ring is 1. The molecule has 7 heteroatoms. The molecule has 0 saturated heterocycles. The Bertz CT molecular complexity index is 512. The first-order valence-electron chi connectivity index (χ1n) is 4.59. The fourth-order valence-electron chi connectivity index (χ4n) is 1.41. The summed E-state index contributed by atoms with van der Waals surface area (Å²) in [4.78, 5) is 34.8. The standard InChI is InChI=1S/C8H10N4O3/c9-6-5(11-15)7(13)10-8(14)12(6)3-4-1-2-4/h4H,1-3,9H2,(H,10,13,14). The van der Waals surface area contributed by atoms with Crippen LogP contribution in [0.4, 0.5) is 11.5 Å². The smallest absolute Gasteiger partial charge is 0.330 e. The van der Waals surface area contributed by atoms with Crippen LogP contribution in [0.2, 0.25) is 0 Å². The Morgan fingerprint density at radius 1 is 1.47 bits per heavy atom. The fourth-order valence-corrected chi connectivity index (χ4v) is 1.41. The predicted octanol–water partition coefficient (Wildman–Crippen LogP) is -0.0733. The van der Waals surface area contributed by atoms with E-state index in [1.807, 2.05) is 4.98 Å². The van der Waals surface area contributed by atoms with Crippen molar-refractivity contribution in [3.63, 3.8) is 0 Å². The number of aromatic amines is 1. The zero-order valence-corrected chi connectivity index (χ0v) is 7.90. The van der Waals surface area contributed by atoms with Gasteiger partial charge in [-0.2, -0.15) is 0 Å². The molecule has 1 aromatic heterocycles. The number of aromatic nitrogens is 2. The van der Waals surface area contributed by atoms with Gasteiger partial charge in [0.2, 0.25) is 5.69 Å². The summed E-state index contributed by atoms with van der Waals surface area (Å²) in [5.74, 6) is 0.265. The van der Waals surface area contributed by atoms with Gasteiger partial charge in [-0.3, -0.25) is 14.3 Å². The van der Waals surface area contributed by atoms with Crippen molar-refractivity contribution in [2.75, 3.05) is 5.73 Å². The molecule has 7 nitrogen and oxygen atoms in total. The maximum Gasteiger partial charge on any atom is 0.330 e. The van der Waals surface area contributed by atoms with Gasteiger partial charge in [-0.15, -0.1) is 4.91 Å². The van der Waals surface area contributed by atoms with E-state index in [9.17, 15) is 14.5 Å². The summed E-state index contributed by atoms with van der Waals surface area (Å²) < 4.78 is 1.19. The monoisotopic (exact) mass is 210 g/mol. The molecular weight excluding hydrogens is 200 g/mol. The highest BCUT2D eigenvalue weighted by Crippen LogP contribution is 2.31. The molecule has 0 atom stereocenters. The van der Waals surface area contributed by atoms with Crippen LogP contribution in [0.3, 0.4) is 0 Å². The molecule has 2 rings (SSSR count). The molecule has 1 aliphatic carbocycles. The van der Waals surface area contributed by atoms with Gasteiger partial charge in [0.1, 0.15) is 5.82 Å². The van der Waals surface area contributed by atoms with Crippen molar-refractivity contribution in [2.45, 2.75) is 19.4 Å². The highest BCUT2D eigenvalue weighted by molar-refractivity contribution is 5.55. The zero-order chi connectivity index (χ0) is 11.0. The minimum atomic E-state index is -0.834. The summed E-state index contributed by atoms with van der Waals surface area (Å²) in [6, 6.07) is 0. The molecule has 80 valence electrons. The molecule has 15 heavy (non-hydrogen) atoms. The molecule has 0 aromatic carbocycles. The molecule has 0 bridgehead atoms. The average molecular weight is 210 g/mol. The Morgan fingerprint density at radius 3 is 2.67 bits per heavy atom. The number of H-pyrrole nitrogens is 1. The van der Waals surface area contributed by atoms with E-state index in [2.05, 4.69) is 5.18 Å². The molecule has 3 N–H and O–H groups in total. The molecular formula is C8H10N4O3. The van der Waals surface area contributed by atoms with E-state index in [1.165, 1.54) is 4.57 Å². The summed E-state index contributed by atoms with van der Waals surface area (Å²) in [5.41, 5.74) is 3.68. The van der Waals surface area contributed by atoms with Gasteiger partial charge in [0, 0.05) is 6.54 Å². The van der Waals surface area contributed by atoms with Crippen LogP contribution in [0.15, 0.2) is 14.8 Å². The summed E-state index contributed by atoms with van der Waals surface area (Å²) in [6.45, 7) is 0.434. The van der Waals surface area contributed by atoms with Crippen molar-refractivity contribution in [3.8, 4) is 0 Å². The summed E-state index contributed by atoms with van der Waals surface area (Å²) in [5, 5.41) is 2.52. The third kappa shape index (κ3) is 1.67. The van der Waals surface area contributed by atoms with Gasteiger partial charge in [-0.05, 0) is 23.9 Å². The largest absolute Gasteiger partial charge is 0.383 e. The number of nitrogens with zero attached hydrogens (tertiary/aromatic N) is 2. The van der Waals surface area contributed by atoms with Crippen molar-refractivity contribution < 1.29 is 0 Å². The van der Waals surface area contributed by atoms with Crippen molar-refractivity contribution >= 4 is 11.5 Å². The first-order valence-corrected chi connectivity index (χ1v) is 4.59. The van der Waals surface area contributed by atoms with Gasteiger partial charge in [-0.1, -0.05) is 0 Å². The van der Waals surface area contributed by atoms with E-state index >= 15 is 0 Å². The average Bonchev–Trinajstić information content (AvgIpc) is 2.96. The molecule has 0 aliphatic heterocycles. The first-order chi connectivity index (χ1) is 7.13. The zero-order valence-electron chi connectivity index (χ0n) is 7.90. The lowest BCUT2D eigenvalue weighted by molar-refractivity contribution is 0.598. The van der Waals surface area contributed by atoms with Crippen molar-refractivity contribution in [1.29, 1.82) is 0 Å². The van der Waals surface area contributed by atoms with Gasteiger partial charge < -0.3 is 5.73 Å². The Kier molecular flexibility index (Phi) is 2.14. The van der Waals surface area contributed by atoms with Crippen molar-refractivity contribution in [3.05, 3.63) is 25.7 Å². The number of nitrogens with one attached hydrogen (secondary N) is 1. The molecule has 1 aromatic rings. The second-order valence-corrected chi connectivity index (χ2v) is 3.64. The molecule has 0 spiro atoms. The lowest BCUT2D eigenvalue weighted by Gasteiger charge is -2.07. The summed E-state index contributed by atoms with van der Waals surface area (Å²) in [7, 11) is 0. The van der Waals surface area contributed by atoms with Gasteiger partial charge >= 0.3 is 5.69 Å². The normalized spacial score (nSPS) is 15.2. The van der Waals surface area contributed by atoms with Crippen LogP contribution < -0.4 is 17.0 Å². The molecule has 0 radical (unpaired) electrons. The maximum atomic E-state index is 11.4. The third-order valence-electron chi connectivity index (χ3n) is 2.44. The number of anilines is 1. The van der Waals surface area contributed by atoms with Gasteiger partial charge in [0.05, 0.1) is 0 Å². The Labute approximate surface area is 83.9 Å². The summed E-state index contributed by atoms with van der Waals surface area (Å²) >= 11 is 0. The topological polar surface area (TPSA) is 110 Å². The quantitative estimate of drug-likeness (QED) is 0.680. The molecule has 1 fully saturated rings. The summed E-state index contributed by atoms with van der Waals surface area (Å²) in [6.07, 6.45) is 2.07. The van der Waals surface area contributed by atoms with Crippen LogP contribution in [0, 0.1) is 10.8 Å². The van der Waals surface area contributed by atoms with Crippen LogP contribution >= 0.6 is 0 Å². The SMILES string of the molecule is Nc1c(N=O)c(=O)[nH]c(=O)n1CC1CC1. The number of hydrogen-bond donors (Lipinski definition) is 2. The number of nitroso groups, excluding NO2 is 1. The van der Waals surface area contributed by atoms with Crippen molar-refractivity contribution in [1.82, 2.24) is 9.55 Å². The van der Waals surface area contributed by atoms with E-state index < -0.39 is 16.9 Å². The lowest BCUT2D eigenvalue weighted by Crippen LogP contribution is -2.32. The van der Waals surface area contributed by atoms with E-state index in [-0.39, 0.29) is 5.82 Å². The molecule has 1 saturated carbocycles.